The lowest BCUT2D eigenvalue weighted by molar-refractivity contribution is -0.384. The zero-order valence-corrected chi connectivity index (χ0v) is 18.4. The van der Waals surface area contributed by atoms with Crippen LogP contribution in [0.5, 0.6) is 0 Å². The molecule has 33 heavy (non-hydrogen) atoms. The van der Waals surface area contributed by atoms with E-state index >= 15 is 0 Å². The summed E-state index contributed by atoms with van der Waals surface area (Å²) in [6, 6.07) is 15.9. The SMILES string of the molecule is O=C(CN1C(=O)S/C(=C\c2cccn2-c2cccc([N+](=O)[O-])c2)C1=O)Nc1ccc(Cl)cc1. The average molecular weight is 483 g/mol. The Labute approximate surface area is 196 Å². The van der Waals surface area contributed by atoms with Crippen molar-refractivity contribution >= 4 is 57.9 Å². The third-order valence-electron chi connectivity index (χ3n) is 4.68. The minimum Gasteiger partial charge on any atom is -0.325 e. The molecule has 11 heteroatoms. The highest BCUT2D eigenvalue weighted by Crippen LogP contribution is 2.33. The third-order valence-corrected chi connectivity index (χ3v) is 5.84. The van der Waals surface area contributed by atoms with Gasteiger partial charge < -0.3 is 9.88 Å². The Morgan fingerprint density at radius 3 is 2.61 bits per heavy atom. The lowest BCUT2D eigenvalue weighted by atomic mass is 10.2. The van der Waals surface area contributed by atoms with E-state index in [1.54, 1.807) is 59.3 Å². The number of nitro groups is 1. The molecule has 0 atom stereocenters. The second kappa shape index (κ2) is 9.31. The van der Waals surface area contributed by atoms with Gasteiger partial charge in [0, 0.05) is 34.7 Å². The number of hydrogen-bond acceptors (Lipinski definition) is 6. The first kappa shape index (κ1) is 22.3. The Kier molecular flexibility index (Phi) is 6.29. The second-order valence-corrected chi connectivity index (χ2v) is 8.33. The van der Waals surface area contributed by atoms with Crippen LogP contribution in [0.4, 0.5) is 16.2 Å². The maximum Gasteiger partial charge on any atom is 0.294 e. The number of thioether (sulfide) groups is 1. The molecule has 3 amide bonds. The number of aromatic nitrogens is 1. The van der Waals surface area contributed by atoms with Gasteiger partial charge in [-0.2, -0.15) is 0 Å². The van der Waals surface area contributed by atoms with Crippen LogP contribution >= 0.6 is 23.4 Å². The number of nitrogens with one attached hydrogen (secondary N) is 1. The summed E-state index contributed by atoms with van der Waals surface area (Å²) in [5.41, 5.74) is 1.49. The number of anilines is 1. The van der Waals surface area contributed by atoms with Crippen molar-refractivity contribution in [3.05, 3.63) is 92.6 Å². The van der Waals surface area contributed by atoms with Crippen molar-refractivity contribution in [2.45, 2.75) is 0 Å². The number of imide groups is 1. The summed E-state index contributed by atoms with van der Waals surface area (Å²) >= 11 is 6.54. The minimum atomic E-state index is -0.594. The van der Waals surface area contributed by atoms with Crippen LogP contribution in [0.15, 0.2) is 71.8 Å². The van der Waals surface area contributed by atoms with Gasteiger partial charge in [0.1, 0.15) is 6.54 Å². The molecule has 0 spiro atoms. The van der Waals surface area contributed by atoms with Gasteiger partial charge in [-0.1, -0.05) is 17.7 Å². The van der Waals surface area contributed by atoms with E-state index in [-0.39, 0.29) is 10.6 Å². The van der Waals surface area contributed by atoms with E-state index in [4.69, 9.17) is 11.6 Å². The van der Waals surface area contributed by atoms with E-state index in [2.05, 4.69) is 5.32 Å². The smallest absolute Gasteiger partial charge is 0.294 e. The highest BCUT2D eigenvalue weighted by molar-refractivity contribution is 8.18. The number of hydrogen-bond donors (Lipinski definition) is 1. The standard InChI is InChI=1S/C22H15ClN4O5S/c23-14-6-8-15(9-7-14)24-20(28)13-26-21(29)19(33-22(26)30)12-17-5-2-10-25(17)16-3-1-4-18(11-16)27(31)32/h1-12H,13H2,(H,24,28)/b19-12-. The van der Waals surface area contributed by atoms with Gasteiger partial charge in [0.15, 0.2) is 0 Å². The van der Waals surface area contributed by atoms with Crippen LogP contribution in [0.1, 0.15) is 5.69 Å². The summed E-state index contributed by atoms with van der Waals surface area (Å²) in [7, 11) is 0. The van der Waals surface area contributed by atoms with E-state index in [1.807, 2.05) is 0 Å². The average Bonchev–Trinajstić information content (AvgIpc) is 3.35. The van der Waals surface area contributed by atoms with Crippen molar-refractivity contribution in [3.63, 3.8) is 0 Å². The predicted octanol–water partition coefficient (Wildman–Crippen LogP) is 4.71. The van der Waals surface area contributed by atoms with Crippen molar-refractivity contribution in [2.75, 3.05) is 11.9 Å². The molecule has 1 fully saturated rings. The number of carbonyl (C=O) groups is 3. The molecule has 166 valence electrons. The highest BCUT2D eigenvalue weighted by Gasteiger charge is 2.36. The Morgan fingerprint density at radius 1 is 1.12 bits per heavy atom. The van der Waals surface area contributed by atoms with Crippen molar-refractivity contribution in [1.82, 2.24) is 9.47 Å². The molecule has 0 unspecified atom stereocenters. The zero-order chi connectivity index (χ0) is 23.5. The summed E-state index contributed by atoms with van der Waals surface area (Å²) in [6.07, 6.45) is 3.20. The number of benzene rings is 2. The van der Waals surface area contributed by atoms with E-state index in [9.17, 15) is 24.5 Å². The van der Waals surface area contributed by atoms with Gasteiger partial charge >= 0.3 is 0 Å². The molecule has 4 rings (SSSR count). The number of amides is 3. The molecule has 0 saturated carbocycles. The number of nitrogens with zero attached hydrogens (tertiary/aromatic N) is 3. The number of halogens is 1. The topological polar surface area (TPSA) is 115 Å². The number of nitro benzene ring substituents is 1. The minimum absolute atomic E-state index is 0.0702. The van der Waals surface area contributed by atoms with Crippen molar-refractivity contribution in [1.29, 1.82) is 0 Å². The Bertz CT molecular complexity index is 1300. The molecule has 9 nitrogen and oxygen atoms in total. The van der Waals surface area contributed by atoms with Crippen LogP contribution in [-0.4, -0.2) is 38.0 Å². The Morgan fingerprint density at radius 2 is 1.88 bits per heavy atom. The van der Waals surface area contributed by atoms with Gasteiger partial charge in [-0.15, -0.1) is 0 Å². The first-order valence-corrected chi connectivity index (χ1v) is 10.7. The molecule has 1 aliphatic rings. The molecule has 1 N–H and O–H groups in total. The molecule has 0 bridgehead atoms. The van der Waals surface area contributed by atoms with E-state index < -0.39 is 28.5 Å². The number of carbonyl (C=O) groups excluding carboxylic acids is 3. The molecule has 1 aromatic heterocycles. The first-order chi connectivity index (χ1) is 15.8. The summed E-state index contributed by atoms with van der Waals surface area (Å²) in [5, 5.41) is 13.6. The molecule has 2 heterocycles. The molecule has 1 saturated heterocycles. The van der Waals surface area contributed by atoms with E-state index in [1.165, 1.54) is 18.2 Å². The molecular formula is C22H15ClN4O5S. The molecule has 2 aromatic carbocycles. The molecule has 1 aliphatic heterocycles. The van der Waals surface area contributed by atoms with Crippen LogP contribution in [0, 0.1) is 10.1 Å². The van der Waals surface area contributed by atoms with Gasteiger partial charge in [-0.3, -0.25) is 29.4 Å². The van der Waals surface area contributed by atoms with Crippen LogP contribution in [-0.2, 0) is 9.59 Å². The van der Waals surface area contributed by atoms with Gasteiger partial charge in [-0.25, -0.2) is 0 Å². The lowest BCUT2D eigenvalue weighted by Gasteiger charge is -2.12. The largest absolute Gasteiger partial charge is 0.325 e. The monoisotopic (exact) mass is 482 g/mol. The lowest BCUT2D eigenvalue weighted by Crippen LogP contribution is -2.36. The van der Waals surface area contributed by atoms with E-state index in [0.29, 0.717) is 22.1 Å². The maximum absolute atomic E-state index is 12.8. The summed E-state index contributed by atoms with van der Waals surface area (Å²) < 4.78 is 1.66. The second-order valence-electron chi connectivity index (χ2n) is 6.90. The fourth-order valence-electron chi connectivity index (χ4n) is 3.15. The van der Waals surface area contributed by atoms with Crippen LogP contribution in [0.2, 0.25) is 5.02 Å². The fraction of sp³-hybridized carbons (Fsp3) is 0.0455. The van der Waals surface area contributed by atoms with Crippen LogP contribution < -0.4 is 5.32 Å². The quantitative estimate of drug-likeness (QED) is 0.309. The van der Waals surface area contributed by atoms with Gasteiger partial charge in [0.2, 0.25) is 5.91 Å². The van der Waals surface area contributed by atoms with Crippen molar-refractivity contribution in [3.8, 4) is 5.69 Å². The fourth-order valence-corrected chi connectivity index (χ4v) is 4.10. The summed E-state index contributed by atoms with van der Waals surface area (Å²) in [6.45, 7) is -0.434. The van der Waals surface area contributed by atoms with Crippen LogP contribution in [0.25, 0.3) is 11.8 Å². The third kappa shape index (κ3) is 4.97. The van der Waals surface area contributed by atoms with Crippen molar-refractivity contribution < 1.29 is 19.3 Å². The molecule has 0 aliphatic carbocycles. The molecular weight excluding hydrogens is 468 g/mol. The Hall–Kier alpha value is -3.89. The van der Waals surface area contributed by atoms with Gasteiger partial charge in [0.05, 0.1) is 15.5 Å². The molecule has 0 radical (unpaired) electrons. The normalized spacial score (nSPS) is 14.7. The summed E-state index contributed by atoms with van der Waals surface area (Å²) in [4.78, 5) is 49.1. The van der Waals surface area contributed by atoms with Gasteiger partial charge in [-0.05, 0) is 60.3 Å². The number of non-ortho nitro benzene ring substituents is 1. The van der Waals surface area contributed by atoms with Gasteiger partial charge in [0.25, 0.3) is 16.8 Å². The Balaban J connectivity index is 1.51. The van der Waals surface area contributed by atoms with E-state index in [0.717, 1.165) is 16.7 Å². The zero-order valence-electron chi connectivity index (χ0n) is 16.8. The van der Waals surface area contributed by atoms with Crippen LogP contribution in [0.3, 0.4) is 0 Å². The highest BCUT2D eigenvalue weighted by atomic mass is 35.5. The summed E-state index contributed by atoms with van der Waals surface area (Å²) in [5.74, 6) is -1.12. The molecule has 3 aromatic rings. The first-order valence-electron chi connectivity index (χ1n) is 9.55. The van der Waals surface area contributed by atoms with Crippen molar-refractivity contribution in [2.24, 2.45) is 0 Å². The predicted molar refractivity (Wildman–Crippen MR) is 125 cm³/mol. The number of rotatable bonds is 6. The maximum atomic E-state index is 12.8.